The van der Waals surface area contributed by atoms with Crippen molar-refractivity contribution in [1.82, 2.24) is 5.32 Å². The van der Waals surface area contributed by atoms with Crippen LogP contribution in [0.2, 0.25) is 0 Å². The highest BCUT2D eigenvalue weighted by molar-refractivity contribution is 5.80. The van der Waals surface area contributed by atoms with Crippen LogP contribution in [0, 0.1) is 5.41 Å². The van der Waals surface area contributed by atoms with Gasteiger partial charge in [0.2, 0.25) is 0 Å². The van der Waals surface area contributed by atoms with Crippen molar-refractivity contribution in [2.45, 2.75) is 58.4 Å². The molecular weight excluding hydrogens is 202 g/mol. The van der Waals surface area contributed by atoms with E-state index < -0.39 is 0 Å². The van der Waals surface area contributed by atoms with Gasteiger partial charge in [-0.2, -0.15) is 0 Å². The minimum absolute atomic E-state index is 0.273. The van der Waals surface area contributed by atoms with Gasteiger partial charge in [-0.3, -0.25) is 0 Å². The lowest BCUT2D eigenvalue weighted by Crippen LogP contribution is -2.39. The zero-order valence-corrected chi connectivity index (χ0v) is 10.5. The van der Waals surface area contributed by atoms with E-state index in [2.05, 4.69) is 24.3 Å². The second-order valence-electron chi connectivity index (χ2n) is 5.45. The third-order valence-electron chi connectivity index (χ3n) is 3.58. The highest BCUT2D eigenvalue weighted by atomic mass is 16.4. The predicted octanol–water partition coefficient (Wildman–Crippen LogP) is 2.07. The molecule has 1 aliphatic rings. The van der Waals surface area contributed by atoms with Crippen molar-refractivity contribution in [3.05, 3.63) is 0 Å². The molecule has 0 heterocycles. The van der Waals surface area contributed by atoms with E-state index >= 15 is 0 Å². The monoisotopic (exact) mass is 227 g/mol. The lowest BCUT2D eigenvalue weighted by molar-refractivity contribution is 0.202. The van der Waals surface area contributed by atoms with Gasteiger partial charge in [-0.25, -0.2) is 0 Å². The maximum Gasteiger partial charge on any atom is 0.140 e. The number of hydrogen-bond acceptors (Lipinski definition) is 3. The molecule has 4 heteroatoms. The van der Waals surface area contributed by atoms with Crippen molar-refractivity contribution in [2.75, 3.05) is 6.54 Å². The number of oxime groups is 1. The Morgan fingerprint density at radius 1 is 1.44 bits per heavy atom. The number of amidine groups is 1. The van der Waals surface area contributed by atoms with Gasteiger partial charge < -0.3 is 16.3 Å². The maximum atomic E-state index is 8.49. The Bertz CT molecular complexity index is 234. The molecule has 0 amide bonds. The average molecular weight is 227 g/mol. The maximum absolute atomic E-state index is 8.49. The molecule has 4 nitrogen and oxygen atoms in total. The number of hydrogen-bond donors (Lipinski definition) is 3. The molecule has 0 aromatic heterocycles. The van der Waals surface area contributed by atoms with Crippen molar-refractivity contribution < 1.29 is 5.21 Å². The van der Waals surface area contributed by atoms with Crippen LogP contribution in [0.15, 0.2) is 5.16 Å². The van der Waals surface area contributed by atoms with Gasteiger partial charge in [-0.05, 0) is 25.2 Å². The highest BCUT2D eigenvalue weighted by Crippen LogP contribution is 2.34. The van der Waals surface area contributed by atoms with Crippen LogP contribution in [0.1, 0.15) is 52.4 Å². The van der Waals surface area contributed by atoms with Gasteiger partial charge >= 0.3 is 0 Å². The third kappa shape index (κ3) is 4.39. The predicted molar refractivity (Wildman–Crippen MR) is 66.7 cm³/mol. The van der Waals surface area contributed by atoms with E-state index in [-0.39, 0.29) is 6.04 Å². The molecule has 0 aromatic carbocycles. The van der Waals surface area contributed by atoms with Crippen LogP contribution in [0.25, 0.3) is 0 Å². The van der Waals surface area contributed by atoms with Gasteiger partial charge in [0.15, 0.2) is 0 Å². The Labute approximate surface area is 98.3 Å². The number of rotatable bonds is 5. The Balaban J connectivity index is 2.27. The molecule has 4 N–H and O–H groups in total. The molecule has 0 aliphatic heterocycles. The molecular formula is C12H25N3O. The summed E-state index contributed by atoms with van der Waals surface area (Å²) in [4.78, 5) is 0. The summed E-state index contributed by atoms with van der Waals surface area (Å²) in [5.74, 6) is 0.300. The van der Waals surface area contributed by atoms with Crippen LogP contribution < -0.4 is 11.1 Å². The summed E-state index contributed by atoms with van der Waals surface area (Å²) in [7, 11) is 0. The average Bonchev–Trinajstić information content (AvgIpc) is 2.27. The normalized spacial score (nSPS) is 23.0. The molecule has 0 bridgehead atoms. The SMILES string of the molecule is CC(CC(N)=NO)NCC1(C)CCCCC1. The Hall–Kier alpha value is -0.770. The molecule has 1 fully saturated rings. The lowest BCUT2D eigenvalue weighted by atomic mass is 9.75. The van der Waals surface area contributed by atoms with Crippen LogP contribution >= 0.6 is 0 Å². The Morgan fingerprint density at radius 2 is 2.06 bits per heavy atom. The number of nitrogens with one attached hydrogen (secondary N) is 1. The first-order valence-electron chi connectivity index (χ1n) is 6.25. The molecule has 1 atom stereocenters. The molecule has 0 radical (unpaired) electrons. The molecule has 1 unspecified atom stereocenters. The summed E-state index contributed by atoms with van der Waals surface area (Å²) in [6.07, 6.45) is 7.33. The van der Waals surface area contributed by atoms with Gasteiger partial charge in [0.05, 0.1) is 0 Å². The molecule has 0 spiro atoms. The molecule has 0 saturated heterocycles. The summed E-state index contributed by atoms with van der Waals surface area (Å²) in [6, 6.07) is 0.273. The fourth-order valence-electron chi connectivity index (χ4n) is 2.43. The van der Waals surface area contributed by atoms with E-state index in [1.54, 1.807) is 0 Å². The van der Waals surface area contributed by atoms with E-state index in [0.29, 0.717) is 17.7 Å². The Kier molecular flexibility index (Phi) is 5.06. The van der Waals surface area contributed by atoms with Crippen LogP contribution in [0.3, 0.4) is 0 Å². The molecule has 1 saturated carbocycles. The van der Waals surface area contributed by atoms with Gasteiger partial charge in [-0.15, -0.1) is 0 Å². The van der Waals surface area contributed by atoms with Crippen molar-refractivity contribution in [1.29, 1.82) is 0 Å². The summed E-state index contributed by atoms with van der Waals surface area (Å²) in [6.45, 7) is 5.46. The third-order valence-corrected chi connectivity index (χ3v) is 3.58. The van der Waals surface area contributed by atoms with E-state index in [4.69, 9.17) is 10.9 Å². The van der Waals surface area contributed by atoms with Crippen molar-refractivity contribution in [2.24, 2.45) is 16.3 Å². The lowest BCUT2D eigenvalue weighted by Gasteiger charge is -2.34. The van der Waals surface area contributed by atoms with Crippen LogP contribution in [0.4, 0.5) is 0 Å². The molecule has 0 aromatic rings. The number of nitrogens with two attached hydrogens (primary N) is 1. The first kappa shape index (κ1) is 13.3. The van der Waals surface area contributed by atoms with Crippen LogP contribution in [-0.4, -0.2) is 23.6 Å². The van der Waals surface area contributed by atoms with Crippen molar-refractivity contribution >= 4 is 5.84 Å². The van der Waals surface area contributed by atoms with E-state index in [1.165, 1.54) is 32.1 Å². The van der Waals surface area contributed by atoms with Gasteiger partial charge in [-0.1, -0.05) is 31.3 Å². The minimum Gasteiger partial charge on any atom is -0.409 e. The van der Waals surface area contributed by atoms with Gasteiger partial charge in [0, 0.05) is 19.0 Å². The molecule has 94 valence electrons. The quantitative estimate of drug-likeness (QED) is 0.291. The molecule has 1 rings (SSSR count). The summed E-state index contributed by atoms with van der Waals surface area (Å²) < 4.78 is 0. The second kappa shape index (κ2) is 6.09. The smallest absolute Gasteiger partial charge is 0.140 e. The standard InChI is InChI=1S/C12H25N3O/c1-10(8-11(13)15-16)14-9-12(2)6-4-3-5-7-12/h10,14,16H,3-9H2,1-2H3,(H2,13,15). The van der Waals surface area contributed by atoms with Gasteiger partial charge in [0.25, 0.3) is 0 Å². The molecule has 16 heavy (non-hydrogen) atoms. The van der Waals surface area contributed by atoms with Crippen LogP contribution in [-0.2, 0) is 0 Å². The first-order valence-corrected chi connectivity index (χ1v) is 6.25. The first-order chi connectivity index (χ1) is 7.56. The van der Waals surface area contributed by atoms with Crippen molar-refractivity contribution in [3.63, 3.8) is 0 Å². The zero-order chi connectivity index (χ0) is 12.0. The largest absolute Gasteiger partial charge is 0.409 e. The van der Waals surface area contributed by atoms with Gasteiger partial charge in [0.1, 0.15) is 5.84 Å². The minimum atomic E-state index is 0.273. The summed E-state index contributed by atoms with van der Waals surface area (Å²) in [5.41, 5.74) is 5.92. The van der Waals surface area contributed by atoms with E-state index in [0.717, 1.165) is 6.54 Å². The number of nitrogens with zero attached hydrogens (tertiary/aromatic N) is 1. The summed E-state index contributed by atoms with van der Waals surface area (Å²) in [5, 5.41) is 15.0. The Morgan fingerprint density at radius 3 is 2.62 bits per heavy atom. The fraction of sp³-hybridized carbons (Fsp3) is 0.917. The van der Waals surface area contributed by atoms with E-state index in [9.17, 15) is 0 Å². The topological polar surface area (TPSA) is 70.6 Å². The molecule has 1 aliphatic carbocycles. The zero-order valence-electron chi connectivity index (χ0n) is 10.5. The van der Waals surface area contributed by atoms with E-state index in [1.807, 2.05) is 0 Å². The van der Waals surface area contributed by atoms with Crippen molar-refractivity contribution in [3.8, 4) is 0 Å². The highest BCUT2D eigenvalue weighted by Gasteiger charge is 2.26. The van der Waals surface area contributed by atoms with Crippen LogP contribution in [0.5, 0.6) is 0 Å². The summed E-state index contributed by atoms with van der Waals surface area (Å²) >= 11 is 0. The second-order valence-corrected chi connectivity index (χ2v) is 5.45. The fourth-order valence-corrected chi connectivity index (χ4v) is 2.43.